The van der Waals surface area contributed by atoms with Crippen LogP contribution in [0.5, 0.6) is 0 Å². The molecule has 0 unspecified atom stereocenters. The molecule has 1 N–H and O–H groups in total. The highest BCUT2D eigenvalue weighted by Gasteiger charge is 2.28. The predicted molar refractivity (Wildman–Crippen MR) is 95.4 cm³/mol. The second kappa shape index (κ2) is 7.95. The monoisotopic (exact) mass is 387 g/mol. The molecule has 0 aliphatic carbocycles. The average Bonchev–Trinajstić information content (AvgIpc) is 3.43. The van der Waals surface area contributed by atoms with Gasteiger partial charge in [-0.3, -0.25) is 9.89 Å². The van der Waals surface area contributed by atoms with E-state index in [4.69, 9.17) is 18.4 Å². The van der Waals surface area contributed by atoms with E-state index in [2.05, 4.69) is 20.3 Å². The number of nitrogens with zero attached hydrogens (tertiary/aromatic N) is 4. The number of hydrogen-bond donors (Lipinski definition) is 1. The van der Waals surface area contributed by atoms with Crippen molar-refractivity contribution in [1.29, 1.82) is 0 Å². The van der Waals surface area contributed by atoms with Crippen molar-refractivity contribution in [3.8, 4) is 11.5 Å². The Balaban J connectivity index is 1.39. The van der Waals surface area contributed by atoms with E-state index >= 15 is 0 Å². The van der Waals surface area contributed by atoms with Crippen LogP contribution in [0.2, 0.25) is 0 Å². The van der Waals surface area contributed by atoms with Gasteiger partial charge in [-0.1, -0.05) is 5.16 Å². The number of carbonyl (C=O) groups excluding carboxylic acids is 1. The van der Waals surface area contributed by atoms with Gasteiger partial charge in [0, 0.05) is 26.3 Å². The molecule has 0 radical (unpaired) electrons. The Kier molecular flexibility index (Phi) is 5.22. The van der Waals surface area contributed by atoms with Crippen LogP contribution >= 0.6 is 0 Å². The summed E-state index contributed by atoms with van der Waals surface area (Å²) in [6.45, 7) is 3.50. The number of ether oxygens (including phenoxy) is 2. The Morgan fingerprint density at radius 1 is 1.43 bits per heavy atom. The van der Waals surface area contributed by atoms with E-state index in [9.17, 15) is 4.79 Å². The second-order valence-corrected chi connectivity index (χ2v) is 6.56. The Morgan fingerprint density at radius 3 is 3.11 bits per heavy atom. The van der Waals surface area contributed by atoms with Gasteiger partial charge in [-0.2, -0.15) is 10.1 Å². The van der Waals surface area contributed by atoms with Crippen molar-refractivity contribution in [3.05, 3.63) is 41.4 Å². The first-order chi connectivity index (χ1) is 13.6. The lowest BCUT2D eigenvalue weighted by molar-refractivity contribution is -0.0239. The number of hydrogen-bond acceptors (Lipinski definition) is 8. The molecule has 1 amide bonds. The van der Waals surface area contributed by atoms with Crippen LogP contribution in [0, 0.1) is 6.92 Å². The summed E-state index contributed by atoms with van der Waals surface area (Å²) in [5.74, 6) is 2.22. The second-order valence-electron chi connectivity index (χ2n) is 6.56. The number of nitrogens with one attached hydrogen (secondary N) is 1. The first kappa shape index (κ1) is 18.4. The molecule has 3 aromatic heterocycles. The van der Waals surface area contributed by atoms with E-state index in [1.807, 2.05) is 19.1 Å². The van der Waals surface area contributed by atoms with Crippen molar-refractivity contribution >= 4 is 5.91 Å². The van der Waals surface area contributed by atoms with Gasteiger partial charge in [0.25, 0.3) is 5.91 Å². The minimum atomic E-state index is -0.223. The Hall–Kier alpha value is -2.98. The van der Waals surface area contributed by atoms with Crippen molar-refractivity contribution in [3.63, 3.8) is 0 Å². The fraction of sp³-hybridized carbons (Fsp3) is 0.444. The molecule has 0 spiro atoms. The van der Waals surface area contributed by atoms with Crippen LogP contribution in [-0.2, 0) is 22.5 Å². The topological polar surface area (TPSA) is 120 Å². The number of aryl methyl sites for hydroxylation is 1. The standard InChI is InChI=1S/C18H21N5O5/c1-11-3-4-15(27-11)13-8-14(21-20-13)18(24)23-5-6-26-12(9-23)7-17-19-16(10-25-2)22-28-17/h3-4,8,12H,5-7,9-10H2,1-2H3,(H,20,21)/t12-/m0/s1. The minimum absolute atomic E-state index is 0.162. The summed E-state index contributed by atoms with van der Waals surface area (Å²) in [5.41, 5.74) is 1.00. The Bertz CT molecular complexity index is 946. The highest BCUT2D eigenvalue weighted by atomic mass is 16.5. The zero-order valence-corrected chi connectivity index (χ0v) is 15.7. The number of methoxy groups -OCH3 is 1. The summed E-state index contributed by atoms with van der Waals surface area (Å²) in [6.07, 6.45) is 0.206. The average molecular weight is 387 g/mol. The first-order valence-electron chi connectivity index (χ1n) is 8.96. The molecular formula is C18H21N5O5. The summed E-state index contributed by atoms with van der Waals surface area (Å²) in [6, 6.07) is 5.39. The van der Waals surface area contributed by atoms with Crippen molar-refractivity contribution in [2.45, 2.75) is 26.1 Å². The third-order valence-corrected chi connectivity index (χ3v) is 4.41. The van der Waals surface area contributed by atoms with Gasteiger partial charge in [0.05, 0.1) is 19.1 Å². The van der Waals surface area contributed by atoms with E-state index < -0.39 is 0 Å². The summed E-state index contributed by atoms with van der Waals surface area (Å²) in [7, 11) is 1.57. The minimum Gasteiger partial charge on any atom is -0.460 e. The van der Waals surface area contributed by atoms with E-state index in [0.29, 0.717) is 55.0 Å². The highest BCUT2D eigenvalue weighted by molar-refractivity contribution is 5.93. The van der Waals surface area contributed by atoms with E-state index in [-0.39, 0.29) is 18.6 Å². The largest absolute Gasteiger partial charge is 0.460 e. The fourth-order valence-electron chi connectivity index (χ4n) is 3.08. The molecule has 1 aliphatic heterocycles. The van der Waals surface area contributed by atoms with Gasteiger partial charge < -0.3 is 23.3 Å². The first-order valence-corrected chi connectivity index (χ1v) is 8.96. The molecule has 0 saturated carbocycles. The van der Waals surface area contributed by atoms with E-state index in [1.165, 1.54) is 0 Å². The predicted octanol–water partition coefficient (Wildman–Crippen LogP) is 1.59. The van der Waals surface area contributed by atoms with Gasteiger partial charge in [0.15, 0.2) is 17.3 Å². The molecule has 148 valence electrons. The molecule has 1 saturated heterocycles. The number of carbonyl (C=O) groups is 1. The van der Waals surface area contributed by atoms with Crippen molar-refractivity contribution in [1.82, 2.24) is 25.2 Å². The van der Waals surface area contributed by atoms with E-state index in [1.54, 1.807) is 18.1 Å². The molecule has 4 rings (SSSR count). The van der Waals surface area contributed by atoms with Crippen molar-refractivity contribution in [2.24, 2.45) is 0 Å². The maximum Gasteiger partial charge on any atom is 0.274 e. The smallest absolute Gasteiger partial charge is 0.274 e. The molecule has 1 fully saturated rings. The number of aromatic nitrogens is 4. The summed E-state index contributed by atoms with van der Waals surface area (Å²) < 4.78 is 21.5. The van der Waals surface area contributed by atoms with Gasteiger partial charge in [0.2, 0.25) is 5.89 Å². The molecule has 10 nitrogen and oxygen atoms in total. The summed E-state index contributed by atoms with van der Waals surface area (Å²) in [5, 5.41) is 10.8. The molecule has 10 heteroatoms. The lowest BCUT2D eigenvalue weighted by Gasteiger charge is -2.31. The molecule has 0 aromatic carbocycles. The highest BCUT2D eigenvalue weighted by Crippen LogP contribution is 2.21. The lowest BCUT2D eigenvalue weighted by Crippen LogP contribution is -2.46. The Morgan fingerprint density at radius 2 is 2.32 bits per heavy atom. The third kappa shape index (κ3) is 3.97. The maximum absolute atomic E-state index is 12.8. The van der Waals surface area contributed by atoms with Crippen LogP contribution in [0.25, 0.3) is 11.5 Å². The Labute approximate surface area is 160 Å². The van der Waals surface area contributed by atoms with Gasteiger partial charge in [-0.05, 0) is 19.1 Å². The SMILES string of the molecule is COCc1noc(C[C@H]2CN(C(=O)c3cc(-c4ccc(C)o4)[nH]n3)CCO2)n1. The van der Waals surface area contributed by atoms with Gasteiger partial charge in [0.1, 0.15) is 18.1 Å². The molecule has 4 heterocycles. The van der Waals surface area contributed by atoms with Crippen LogP contribution in [-0.4, -0.2) is 64.1 Å². The number of rotatable bonds is 6. The summed E-state index contributed by atoms with van der Waals surface area (Å²) in [4.78, 5) is 18.8. The molecular weight excluding hydrogens is 366 g/mol. The number of amides is 1. The molecule has 28 heavy (non-hydrogen) atoms. The quantitative estimate of drug-likeness (QED) is 0.677. The third-order valence-electron chi connectivity index (χ3n) is 4.41. The van der Waals surface area contributed by atoms with Crippen molar-refractivity contribution < 1.29 is 23.2 Å². The van der Waals surface area contributed by atoms with Crippen LogP contribution in [0.4, 0.5) is 0 Å². The van der Waals surface area contributed by atoms with Gasteiger partial charge >= 0.3 is 0 Å². The zero-order valence-electron chi connectivity index (χ0n) is 15.7. The van der Waals surface area contributed by atoms with Gasteiger partial charge in [-0.15, -0.1) is 0 Å². The number of H-pyrrole nitrogens is 1. The zero-order chi connectivity index (χ0) is 19.5. The van der Waals surface area contributed by atoms with Crippen LogP contribution in [0.3, 0.4) is 0 Å². The fourth-order valence-corrected chi connectivity index (χ4v) is 3.08. The van der Waals surface area contributed by atoms with Crippen LogP contribution in [0.1, 0.15) is 28.0 Å². The molecule has 0 bridgehead atoms. The maximum atomic E-state index is 12.8. The van der Waals surface area contributed by atoms with Crippen LogP contribution < -0.4 is 0 Å². The summed E-state index contributed by atoms with van der Waals surface area (Å²) >= 11 is 0. The number of aromatic amines is 1. The number of morpholine rings is 1. The van der Waals surface area contributed by atoms with Gasteiger partial charge in [-0.25, -0.2) is 0 Å². The molecule has 1 atom stereocenters. The molecule has 1 aliphatic rings. The number of furan rings is 1. The van der Waals surface area contributed by atoms with Crippen molar-refractivity contribution in [2.75, 3.05) is 26.8 Å². The normalized spacial score (nSPS) is 17.2. The van der Waals surface area contributed by atoms with E-state index in [0.717, 1.165) is 5.76 Å². The lowest BCUT2D eigenvalue weighted by atomic mass is 10.2. The van der Waals surface area contributed by atoms with Crippen LogP contribution in [0.15, 0.2) is 27.1 Å². The molecule has 3 aromatic rings.